The highest BCUT2D eigenvalue weighted by Gasteiger charge is 2.16. The van der Waals surface area contributed by atoms with Gasteiger partial charge in [0.2, 0.25) is 6.79 Å². The quantitative estimate of drug-likeness (QED) is 0.855. The van der Waals surface area contributed by atoms with Crippen LogP contribution < -0.4 is 15.2 Å². The van der Waals surface area contributed by atoms with E-state index in [1.807, 2.05) is 30.3 Å². The van der Waals surface area contributed by atoms with Crippen LogP contribution in [-0.4, -0.2) is 17.5 Å². The van der Waals surface area contributed by atoms with Gasteiger partial charge in [0.15, 0.2) is 11.5 Å². The minimum Gasteiger partial charge on any atom is -0.454 e. The second-order valence-electron chi connectivity index (χ2n) is 4.34. The highest BCUT2D eigenvalue weighted by molar-refractivity contribution is 9.10. The van der Waals surface area contributed by atoms with Crippen LogP contribution in [0.5, 0.6) is 11.5 Å². The van der Waals surface area contributed by atoms with Crippen LogP contribution in [0.25, 0.3) is 0 Å². The van der Waals surface area contributed by atoms with E-state index in [0.29, 0.717) is 0 Å². The smallest absolute Gasteiger partial charge is 0.231 e. The van der Waals surface area contributed by atoms with Crippen molar-refractivity contribution in [2.24, 2.45) is 5.73 Å². The summed E-state index contributed by atoms with van der Waals surface area (Å²) in [6.07, 6.45) is 1.79. The van der Waals surface area contributed by atoms with Gasteiger partial charge in [0, 0.05) is 22.5 Å². The Morgan fingerprint density at radius 3 is 2.90 bits per heavy atom. The third-order valence-electron chi connectivity index (χ3n) is 2.94. The number of benzene rings is 1. The van der Waals surface area contributed by atoms with E-state index in [0.717, 1.165) is 32.3 Å². The number of pyridine rings is 1. The van der Waals surface area contributed by atoms with Crippen molar-refractivity contribution in [3.8, 4) is 11.5 Å². The number of ether oxygens (including phenoxy) is 2. The maximum absolute atomic E-state index is 6.21. The number of hydrogen-bond donors (Lipinski definition) is 1. The highest BCUT2D eigenvalue weighted by Crippen LogP contribution is 2.34. The highest BCUT2D eigenvalue weighted by atomic mass is 79.9. The fourth-order valence-electron chi connectivity index (χ4n) is 1.86. The standard InChI is InChI=1S/C14H13BrN2O2S/c15-10-2-4-14(17-6-10)20-7-11(16)9-1-3-12-13(5-9)19-8-18-12/h1-6,11H,7-8,16H2. The van der Waals surface area contributed by atoms with Crippen LogP contribution in [0, 0.1) is 0 Å². The Balaban J connectivity index is 1.64. The van der Waals surface area contributed by atoms with E-state index in [4.69, 9.17) is 15.2 Å². The summed E-state index contributed by atoms with van der Waals surface area (Å²) in [4.78, 5) is 4.32. The molecule has 20 heavy (non-hydrogen) atoms. The monoisotopic (exact) mass is 352 g/mol. The molecule has 1 unspecified atom stereocenters. The fourth-order valence-corrected chi connectivity index (χ4v) is 2.93. The van der Waals surface area contributed by atoms with Crippen LogP contribution in [-0.2, 0) is 0 Å². The second kappa shape index (κ2) is 6.03. The number of nitrogens with zero attached hydrogens (tertiary/aromatic N) is 1. The van der Waals surface area contributed by atoms with E-state index < -0.39 is 0 Å². The van der Waals surface area contributed by atoms with Crippen molar-refractivity contribution in [1.29, 1.82) is 0 Å². The maximum atomic E-state index is 6.21. The zero-order valence-corrected chi connectivity index (χ0v) is 13.0. The molecule has 0 fully saturated rings. The van der Waals surface area contributed by atoms with E-state index in [1.165, 1.54) is 0 Å². The Morgan fingerprint density at radius 1 is 1.25 bits per heavy atom. The second-order valence-corrected chi connectivity index (χ2v) is 6.30. The van der Waals surface area contributed by atoms with E-state index in [1.54, 1.807) is 18.0 Å². The molecule has 1 aromatic heterocycles. The van der Waals surface area contributed by atoms with Crippen LogP contribution in [0.2, 0.25) is 0 Å². The van der Waals surface area contributed by atoms with E-state index in [9.17, 15) is 0 Å². The van der Waals surface area contributed by atoms with Gasteiger partial charge in [-0.25, -0.2) is 4.98 Å². The first kappa shape index (κ1) is 13.7. The average molecular weight is 353 g/mol. The van der Waals surface area contributed by atoms with E-state index in [-0.39, 0.29) is 12.8 Å². The molecule has 1 aliphatic rings. The van der Waals surface area contributed by atoms with Crippen LogP contribution in [0.4, 0.5) is 0 Å². The van der Waals surface area contributed by atoms with Crippen molar-refractivity contribution < 1.29 is 9.47 Å². The molecule has 0 spiro atoms. The normalized spacial score (nSPS) is 14.3. The molecule has 0 amide bonds. The van der Waals surface area contributed by atoms with Crippen molar-refractivity contribution >= 4 is 27.7 Å². The van der Waals surface area contributed by atoms with Crippen molar-refractivity contribution in [2.75, 3.05) is 12.5 Å². The predicted molar refractivity (Wildman–Crippen MR) is 82.2 cm³/mol. The SMILES string of the molecule is NC(CSc1ccc(Br)cn1)c1ccc2c(c1)OCO2. The number of hydrogen-bond acceptors (Lipinski definition) is 5. The Labute approximate surface area is 129 Å². The van der Waals surface area contributed by atoms with Gasteiger partial charge in [0.1, 0.15) is 0 Å². The van der Waals surface area contributed by atoms with Gasteiger partial charge in [0.05, 0.1) is 5.03 Å². The molecular weight excluding hydrogens is 340 g/mol. The van der Waals surface area contributed by atoms with Gasteiger partial charge < -0.3 is 15.2 Å². The van der Waals surface area contributed by atoms with Crippen LogP contribution >= 0.6 is 27.7 Å². The molecule has 2 heterocycles. The van der Waals surface area contributed by atoms with Gasteiger partial charge in [-0.1, -0.05) is 6.07 Å². The lowest BCUT2D eigenvalue weighted by Gasteiger charge is -2.12. The minimum absolute atomic E-state index is 0.0695. The third kappa shape index (κ3) is 3.08. The first-order chi connectivity index (χ1) is 9.72. The van der Waals surface area contributed by atoms with Crippen LogP contribution in [0.15, 0.2) is 46.0 Å². The lowest BCUT2D eigenvalue weighted by atomic mass is 10.1. The van der Waals surface area contributed by atoms with Gasteiger partial charge in [-0.3, -0.25) is 0 Å². The minimum atomic E-state index is -0.0695. The fraction of sp³-hybridized carbons (Fsp3) is 0.214. The molecule has 2 N–H and O–H groups in total. The molecule has 1 aliphatic heterocycles. The topological polar surface area (TPSA) is 57.4 Å². The van der Waals surface area contributed by atoms with E-state index >= 15 is 0 Å². The molecule has 6 heteroatoms. The summed E-state index contributed by atoms with van der Waals surface area (Å²) in [5, 5.41) is 0.962. The number of rotatable bonds is 4. The predicted octanol–water partition coefficient (Wildman–Crippen LogP) is 3.36. The molecule has 1 aromatic carbocycles. The van der Waals surface area contributed by atoms with Crippen molar-refractivity contribution in [3.63, 3.8) is 0 Å². The molecule has 1 atom stereocenters. The Morgan fingerprint density at radius 2 is 2.10 bits per heavy atom. The Bertz CT molecular complexity index is 607. The lowest BCUT2D eigenvalue weighted by molar-refractivity contribution is 0.174. The molecule has 2 aromatic rings. The molecule has 0 radical (unpaired) electrons. The lowest BCUT2D eigenvalue weighted by Crippen LogP contribution is -2.12. The van der Waals surface area contributed by atoms with E-state index in [2.05, 4.69) is 20.9 Å². The van der Waals surface area contributed by atoms with Crippen molar-refractivity contribution in [3.05, 3.63) is 46.6 Å². The van der Waals surface area contributed by atoms with Gasteiger partial charge in [-0.2, -0.15) is 0 Å². The van der Waals surface area contributed by atoms with Gasteiger partial charge in [0.25, 0.3) is 0 Å². The van der Waals surface area contributed by atoms with Crippen LogP contribution in [0.1, 0.15) is 11.6 Å². The summed E-state index contributed by atoms with van der Waals surface area (Å²) in [6, 6.07) is 9.71. The first-order valence-electron chi connectivity index (χ1n) is 6.12. The van der Waals surface area contributed by atoms with Gasteiger partial charge in [-0.05, 0) is 45.8 Å². The molecular formula is C14H13BrN2O2S. The molecule has 0 aliphatic carbocycles. The number of halogens is 1. The summed E-state index contributed by atoms with van der Waals surface area (Å²) in [6.45, 7) is 0.283. The van der Waals surface area contributed by atoms with Gasteiger partial charge in [-0.15, -0.1) is 11.8 Å². The molecule has 4 nitrogen and oxygen atoms in total. The number of fused-ring (bicyclic) bond motifs is 1. The number of nitrogens with two attached hydrogens (primary N) is 1. The average Bonchev–Trinajstić information content (AvgIpc) is 2.93. The maximum Gasteiger partial charge on any atom is 0.231 e. The summed E-state index contributed by atoms with van der Waals surface area (Å²) in [5.74, 6) is 2.31. The first-order valence-corrected chi connectivity index (χ1v) is 7.90. The summed E-state index contributed by atoms with van der Waals surface area (Å²) in [5.41, 5.74) is 7.25. The molecule has 0 bridgehead atoms. The third-order valence-corrected chi connectivity index (χ3v) is 4.47. The van der Waals surface area contributed by atoms with Crippen LogP contribution in [0.3, 0.4) is 0 Å². The van der Waals surface area contributed by atoms with Crippen molar-refractivity contribution in [1.82, 2.24) is 4.98 Å². The molecule has 0 saturated carbocycles. The largest absolute Gasteiger partial charge is 0.454 e. The van der Waals surface area contributed by atoms with Gasteiger partial charge >= 0.3 is 0 Å². The Kier molecular flexibility index (Phi) is 4.14. The van der Waals surface area contributed by atoms with Crippen molar-refractivity contribution in [2.45, 2.75) is 11.1 Å². The molecule has 104 valence electrons. The zero-order chi connectivity index (χ0) is 13.9. The number of aromatic nitrogens is 1. The number of thioether (sulfide) groups is 1. The Hall–Kier alpha value is -1.24. The molecule has 3 rings (SSSR count). The summed E-state index contributed by atoms with van der Waals surface area (Å²) >= 11 is 5.00. The molecule has 0 saturated heterocycles. The summed E-state index contributed by atoms with van der Waals surface area (Å²) < 4.78 is 11.6. The zero-order valence-electron chi connectivity index (χ0n) is 10.6. The summed E-state index contributed by atoms with van der Waals surface area (Å²) in [7, 11) is 0.